The average Bonchev–Trinajstić information content (AvgIpc) is 2.65. The molecule has 0 bridgehead atoms. The van der Waals surface area contributed by atoms with Crippen LogP contribution in [-0.4, -0.2) is 9.55 Å². The summed E-state index contributed by atoms with van der Waals surface area (Å²) < 4.78 is 3.03. The number of hydrogen-bond acceptors (Lipinski definition) is 2. The lowest BCUT2D eigenvalue weighted by atomic mass is 10.1. The van der Waals surface area contributed by atoms with Gasteiger partial charge in [-0.15, -0.1) is 0 Å². The molecule has 0 radical (unpaired) electrons. The predicted molar refractivity (Wildman–Crippen MR) is 64.6 cm³/mol. The number of nitrogens with zero attached hydrogens (tertiary/aromatic N) is 2. The zero-order chi connectivity index (χ0) is 10.8. The second-order valence-corrected chi connectivity index (χ2v) is 4.34. The lowest BCUT2D eigenvalue weighted by Gasteiger charge is -2.14. The summed E-state index contributed by atoms with van der Waals surface area (Å²) in [6.07, 6.45) is 3.60. The number of halogens is 1. The highest BCUT2D eigenvalue weighted by molar-refractivity contribution is 9.10. The van der Waals surface area contributed by atoms with E-state index in [4.69, 9.17) is 5.73 Å². The number of hydrogen-bond donors (Lipinski definition) is 1. The van der Waals surface area contributed by atoms with Gasteiger partial charge in [-0.25, -0.2) is 4.98 Å². The zero-order valence-corrected chi connectivity index (χ0v) is 9.98. The van der Waals surface area contributed by atoms with Crippen LogP contribution >= 0.6 is 15.9 Å². The maximum absolute atomic E-state index is 5.75. The van der Waals surface area contributed by atoms with Gasteiger partial charge in [-0.05, 0) is 24.6 Å². The maximum atomic E-state index is 5.75. The standard InChI is InChI=1S/C11H12BrN3/c1-8(15-7-6-14-11(15)13)9-2-4-10(12)5-3-9/h2-8H,1H3,(H2,13,14). The van der Waals surface area contributed by atoms with E-state index >= 15 is 0 Å². The van der Waals surface area contributed by atoms with Gasteiger partial charge in [-0.1, -0.05) is 28.1 Å². The van der Waals surface area contributed by atoms with Crippen molar-refractivity contribution < 1.29 is 0 Å². The lowest BCUT2D eigenvalue weighted by Crippen LogP contribution is -2.09. The summed E-state index contributed by atoms with van der Waals surface area (Å²) in [5.41, 5.74) is 6.96. The van der Waals surface area contributed by atoms with Gasteiger partial charge in [0.2, 0.25) is 5.95 Å². The van der Waals surface area contributed by atoms with E-state index in [0.29, 0.717) is 5.95 Å². The first kappa shape index (κ1) is 10.2. The van der Waals surface area contributed by atoms with E-state index in [9.17, 15) is 0 Å². The molecule has 1 unspecified atom stereocenters. The van der Waals surface area contributed by atoms with Crippen molar-refractivity contribution >= 4 is 21.9 Å². The lowest BCUT2D eigenvalue weighted by molar-refractivity contribution is 0.648. The quantitative estimate of drug-likeness (QED) is 0.908. The summed E-state index contributed by atoms with van der Waals surface area (Å²) in [5, 5.41) is 0. The van der Waals surface area contributed by atoms with E-state index in [1.165, 1.54) is 5.56 Å². The normalized spacial score (nSPS) is 12.7. The third-order valence-electron chi connectivity index (χ3n) is 2.47. The van der Waals surface area contributed by atoms with E-state index < -0.39 is 0 Å². The van der Waals surface area contributed by atoms with Crippen LogP contribution in [0.2, 0.25) is 0 Å². The predicted octanol–water partition coefficient (Wildman–Crippen LogP) is 2.84. The van der Waals surface area contributed by atoms with E-state index in [1.807, 2.05) is 22.9 Å². The minimum Gasteiger partial charge on any atom is -0.369 e. The number of benzene rings is 1. The Labute approximate surface area is 97.1 Å². The summed E-state index contributed by atoms with van der Waals surface area (Å²) in [4.78, 5) is 4.01. The molecule has 15 heavy (non-hydrogen) atoms. The van der Waals surface area contributed by atoms with E-state index in [0.717, 1.165) is 4.47 Å². The van der Waals surface area contributed by atoms with Crippen LogP contribution in [0.5, 0.6) is 0 Å². The highest BCUT2D eigenvalue weighted by atomic mass is 79.9. The Balaban J connectivity index is 2.32. The van der Waals surface area contributed by atoms with E-state index in [2.05, 4.69) is 40.0 Å². The fourth-order valence-electron chi connectivity index (χ4n) is 1.55. The molecule has 1 aromatic heterocycles. The molecule has 0 fully saturated rings. The molecule has 0 aliphatic rings. The van der Waals surface area contributed by atoms with Gasteiger partial charge in [-0.3, -0.25) is 0 Å². The van der Waals surface area contributed by atoms with Gasteiger partial charge >= 0.3 is 0 Å². The van der Waals surface area contributed by atoms with Crippen molar-refractivity contribution in [1.29, 1.82) is 0 Å². The second kappa shape index (κ2) is 4.06. The molecule has 1 aromatic carbocycles. The van der Waals surface area contributed by atoms with Crippen LogP contribution < -0.4 is 5.73 Å². The summed E-state index contributed by atoms with van der Waals surface area (Å²) in [7, 11) is 0. The first-order chi connectivity index (χ1) is 7.18. The second-order valence-electron chi connectivity index (χ2n) is 3.42. The van der Waals surface area contributed by atoms with Crippen LogP contribution in [0.1, 0.15) is 18.5 Å². The Morgan fingerprint density at radius 1 is 1.33 bits per heavy atom. The largest absolute Gasteiger partial charge is 0.369 e. The Hall–Kier alpha value is -1.29. The van der Waals surface area contributed by atoms with Crippen LogP contribution in [0.4, 0.5) is 5.95 Å². The van der Waals surface area contributed by atoms with Gasteiger partial charge in [0.05, 0.1) is 6.04 Å². The smallest absolute Gasteiger partial charge is 0.200 e. The van der Waals surface area contributed by atoms with Crippen molar-refractivity contribution in [3.05, 3.63) is 46.7 Å². The Morgan fingerprint density at radius 2 is 2.00 bits per heavy atom. The Kier molecular flexibility index (Phi) is 2.77. The van der Waals surface area contributed by atoms with Gasteiger partial charge in [0.25, 0.3) is 0 Å². The molecule has 0 aliphatic carbocycles. The molecule has 1 atom stereocenters. The van der Waals surface area contributed by atoms with Crippen LogP contribution in [0.25, 0.3) is 0 Å². The molecule has 78 valence electrons. The molecular weight excluding hydrogens is 254 g/mol. The number of nitrogen functional groups attached to an aromatic ring is 1. The number of imidazole rings is 1. The first-order valence-electron chi connectivity index (χ1n) is 4.72. The minimum absolute atomic E-state index is 0.209. The number of anilines is 1. The van der Waals surface area contributed by atoms with Gasteiger partial charge < -0.3 is 10.3 Å². The monoisotopic (exact) mass is 265 g/mol. The molecule has 1 heterocycles. The van der Waals surface area contributed by atoms with Crippen molar-refractivity contribution in [2.24, 2.45) is 0 Å². The van der Waals surface area contributed by atoms with Crippen molar-refractivity contribution in [2.45, 2.75) is 13.0 Å². The number of aromatic nitrogens is 2. The molecule has 0 saturated carbocycles. The van der Waals surface area contributed by atoms with Gasteiger partial charge in [-0.2, -0.15) is 0 Å². The third-order valence-corrected chi connectivity index (χ3v) is 3.00. The first-order valence-corrected chi connectivity index (χ1v) is 5.51. The number of nitrogens with two attached hydrogens (primary N) is 1. The van der Waals surface area contributed by atoms with E-state index in [-0.39, 0.29) is 6.04 Å². The molecular formula is C11H12BrN3. The summed E-state index contributed by atoms with van der Waals surface area (Å²) in [5.74, 6) is 0.547. The molecule has 0 aliphatic heterocycles. The van der Waals surface area contributed by atoms with Crippen molar-refractivity contribution in [3.63, 3.8) is 0 Å². The average molecular weight is 266 g/mol. The SMILES string of the molecule is CC(c1ccc(Br)cc1)n1ccnc1N. The molecule has 2 aromatic rings. The van der Waals surface area contributed by atoms with Gasteiger partial charge in [0.15, 0.2) is 0 Å². The number of rotatable bonds is 2. The van der Waals surface area contributed by atoms with Crippen LogP contribution in [0, 0.1) is 0 Å². The highest BCUT2D eigenvalue weighted by Crippen LogP contribution is 2.21. The van der Waals surface area contributed by atoms with Crippen molar-refractivity contribution in [2.75, 3.05) is 5.73 Å². The van der Waals surface area contributed by atoms with E-state index in [1.54, 1.807) is 6.20 Å². The Morgan fingerprint density at radius 3 is 2.53 bits per heavy atom. The molecule has 4 heteroatoms. The van der Waals surface area contributed by atoms with Gasteiger partial charge in [0, 0.05) is 16.9 Å². The molecule has 0 amide bonds. The van der Waals surface area contributed by atoms with Crippen molar-refractivity contribution in [3.8, 4) is 0 Å². The fourth-order valence-corrected chi connectivity index (χ4v) is 1.82. The molecule has 2 rings (SSSR count). The fraction of sp³-hybridized carbons (Fsp3) is 0.182. The van der Waals surface area contributed by atoms with Crippen molar-refractivity contribution in [1.82, 2.24) is 9.55 Å². The summed E-state index contributed by atoms with van der Waals surface area (Å²) in [6.45, 7) is 2.10. The molecule has 3 nitrogen and oxygen atoms in total. The van der Waals surface area contributed by atoms with Gasteiger partial charge in [0.1, 0.15) is 0 Å². The highest BCUT2D eigenvalue weighted by Gasteiger charge is 2.09. The third kappa shape index (κ3) is 2.04. The Bertz CT molecular complexity index is 447. The zero-order valence-electron chi connectivity index (χ0n) is 8.39. The topological polar surface area (TPSA) is 43.8 Å². The maximum Gasteiger partial charge on any atom is 0.200 e. The minimum atomic E-state index is 0.209. The molecule has 0 spiro atoms. The summed E-state index contributed by atoms with van der Waals surface area (Å²) in [6, 6.07) is 8.42. The molecule has 2 N–H and O–H groups in total. The molecule has 0 saturated heterocycles. The van der Waals surface area contributed by atoms with Crippen LogP contribution in [0.3, 0.4) is 0 Å². The van der Waals surface area contributed by atoms with Crippen LogP contribution in [0.15, 0.2) is 41.1 Å². The van der Waals surface area contributed by atoms with Crippen LogP contribution in [-0.2, 0) is 0 Å². The summed E-state index contributed by atoms with van der Waals surface area (Å²) >= 11 is 3.41.